The molecule has 0 bridgehead atoms. The van der Waals surface area contributed by atoms with E-state index in [9.17, 15) is 9.59 Å². The Hall–Kier alpha value is -2.37. The Morgan fingerprint density at radius 3 is 2.81 bits per heavy atom. The SMILES string of the molecule is Cc1ccc(C(=O)NC[C@@H](C)Cn2ccnc2C)c(=O)[nH]1. The normalized spacial score (nSPS) is 12.1. The van der Waals surface area contributed by atoms with Gasteiger partial charge in [-0.25, -0.2) is 4.98 Å². The first-order valence-electron chi connectivity index (χ1n) is 6.93. The lowest BCUT2D eigenvalue weighted by Crippen LogP contribution is -2.33. The van der Waals surface area contributed by atoms with Gasteiger partial charge in [0.15, 0.2) is 0 Å². The van der Waals surface area contributed by atoms with E-state index < -0.39 is 0 Å². The molecule has 0 unspecified atom stereocenters. The highest BCUT2D eigenvalue weighted by Crippen LogP contribution is 2.03. The maximum atomic E-state index is 12.0. The highest BCUT2D eigenvalue weighted by Gasteiger charge is 2.12. The van der Waals surface area contributed by atoms with Gasteiger partial charge < -0.3 is 14.9 Å². The maximum absolute atomic E-state index is 12.0. The molecule has 2 aromatic heterocycles. The number of nitrogens with one attached hydrogen (secondary N) is 2. The number of H-pyrrole nitrogens is 1. The van der Waals surface area contributed by atoms with Crippen LogP contribution in [0.5, 0.6) is 0 Å². The fraction of sp³-hybridized carbons (Fsp3) is 0.400. The molecule has 6 heteroatoms. The van der Waals surface area contributed by atoms with Crippen molar-refractivity contribution >= 4 is 5.91 Å². The van der Waals surface area contributed by atoms with E-state index in [1.807, 2.05) is 24.6 Å². The van der Waals surface area contributed by atoms with E-state index >= 15 is 0 Å². The molecule has 0 radical (unpaired) electrons. The Kier molecular flexibility index (Phi) is 4.57. The molecule has 0 aromatic carbocycles. The number of rotatable bonds is 5. The molecule has 0 spiro atoms. The summed E-state index contributed by atoms with van der Waals surface area (Å²) in [7, 11) is 0. The van der Waals surface area contributed by atoms with E-state index in [4.69, 9.17) is 0 Å². The first kappa shape index (κ1) is 15.0. The zero-order valence-electron chi connectivity index (χ0n) is 12.5. The van der Waals surface area contributed by atoms with E-state index in [2.05, 4.69) is 15.3 Å². The number of aryl methyl sites for hydroxylation is 2. The van der Waals surface area contributed by atoms with Crippen LogP contribution in [0.4, 0.5) is 0 Å². The number of imidazole rings is 1. The molecule has 0 aliphatic carbocycles. The van der Waals surface area contributed by atoms with Crippen molar-refractivity contribution in [3.05, 3.63) is 52.0 Å². The number of carbonyl (C=O) groups excluding carboxylic acids is 1. The predicted octanol–water partition coefficient (Wildman–Crippen LogP) is 1.25. The fourth-order valence-corrected chi connectivity index (χ4v) is 2.11. The number of pyridine rings is 1. The number of amides is 1. The maximum Gasteiger partial charge on any atom is 0.260 e. The number of hydrogen-bond acceptors (Lipinski definition) is 3. The highest BCUT2D eigenvalue weighted by molar-refractivity contribution is 5.93. The first-order chi connectivity index (χ1) is 9.97. The van der Waals surface area contributed by atoms with Crippen molar-refractivity contribution in [3.63, 3.8) is 0 Å². The average molecular weight is 288 g/mol. The largest absolute Gasteiger partial charge is 0.352 e. The molecule has 1 amide bonds. The number of carbonyl (C=O) groups is 1. The number of aromatic nitrogens is 3. The van der Waals surface area contributed by atoms with Gasteiger partial charge in [-0.1, -0.05) is 6.92 Å². The summed E-state index contributed by atoms with van der Waals surface area (Å²) >= 11 is 0. The molecule has 2 N–H and O–H groups in total. The standard InChI is InChI=1S/C15H20N4O2/c1-10(9-19-7-6-16-12(19)3)8-17-14(20)13-5-4-11(2)18-15(13)21/h4-7,10H,8-9H2,1-3H3,(H,17,20)(H,18,21)/t10-/m1/s1. The van der Waals surface area contributed by atoms with Crippen LogP contribution < -0.4 is 10.9 Å². The Morgan fingerprint density at radius 1 is 1.43 bits per heavy atom. The van der Waals surface area contributed by atoms with Crippen LogP contribution in [0.1, 0.15) is 28.8 Å². The van der Waals surface area contributed by atoms with Crippen LogP contribution in [0, 0.1) is 19.8 Å². The molecule has 0 aliphatic rings. The molecule has 0 fully saturated rings. The first-order valence-corrected chi connectivity index (χ1v) is 6.93. The quantitative estimate of drug-likeness (QED) is 0.869. The molecule has 112 valence electrons. The second-order valence-corrected chi connectivity index (χ2v) is 5.33. The van der Waals surface area contributed by atoms with Gasteiger partial charge in [0.2, 0.25) is 0 Å². The van der Waals surface area contributed by atoms with E-state index in [-0.39, 0.29) is 22.9 Å². The van der Waals surface area contributed by atoms with Crippen LogP contribution in [0.25, 0.3) is 0 Å². The summed E-state index contributed by atoms with van der Waals surface area (Å²) in [6.45, 7) is 7.04. The van der Waals surface area contributed by atoms with Gasteiger partial charge in [-0.05, 0) is 31.9 Å². The molecule has 2 aromatic rings. The molecule has 2 rings (SSSR count). The van der Waals surface area contributed by atoms with Crippen LogP contribution in [-0.2, 0) is 6.54 Å². The summed E-state index contributed by atoms with van der Waals surface area (Å²) in [5.41, 5.74) is 0.526. The minimum atomic E-state index is -0.356. The lowest BCUT2D eigenvalue weighted by atomic mass is 10.1. The zero-order chi connectivity index (χ0) is 15.4. The third-order valence-corrected chi connectivity index (χ3v) is 3.34. The van der Waals surface area contributed by atoms with Crippen LogP contribution in [-0.4, -0.2) is 27.0 Å². The Balaban J connectivity index is 1.92. The lowest BCUT2D eigenvalue weighted by Gasteiger charge is -2.14. The molecule has 1 atom stereocenters. The third kappa shape index (κ3) is 3.81. The van der Waals surface area contributed by atoms with E-state index in [0.29, 0.717) is 6.54 Å². The van der Waals surface area contributed by atoms with Crippen LogP contribution >= 0.6 is 0 Å². The Bertz CT molecular complexity index is 687. The summed E-state index contributed by atoms with van der Waals surface area (Å²) in [6, 6.07) is 3.27. The lowest BCUT2D eigenvalue weighted by molar-refractivity contribution is 0.0945. The van der Waals surface area contributed by atoms with Crippen molar-refractivity contribution in [2.75, 3.05) is 6.54 Å². The summed E-state index contributed by atoms with van der Waals surface area (Å²) in [5, 5.41) is 2.80. The van der Waals surface area contributed by atoms with Gasteiger partial charge in [0.25, 0.3) is 11.5 Å². The van der Waals surface area contributed by atoms with E-state index in [0.717, 1.165) is 18.1 Å². The Labute approximate surface area is 123 Å². The number of aromatic amines is 1. The monoisotopic (exact) mass is 288 g/mol. The van der Waals surface area contributed by atoms with Gasteiger partial charge >= 0.3 is 0 Å². The van der Waals surface area contributed by atoms with Crippen molar-refractivity contribution in [1.29, 1.82) is 0 Å². The van der Waals surface area contributed by atoms with Crippen LogP contribution in [0.3, 0.4) is 0 Å². The van der Waals surface area contributed by atoms with Gasteiger partial charge in [0.05, 0.1) is 0 Å². The minimum Gasteiger partial charge on any atom is -0.352 e. The van der Waals surface area contributed by atoms with Crippen molar-refractivity contribution in [3.8, 4) is 0 Å². The smallest absolute Gasteiger partial charge is 0.260 e. The topological polar surface area (TPSA) is 79.8 Å². The second kappa shape index (κ2) is 6.39. The van der Waals surface area contributed by atoms with Crippen molar-refractivity contribution in [2.24, 2.45) is 5.92 Å². The summed E-state index contributed by atoms with van der Waals surface area (Å²) in [6.07, 6.45) is 3.67. The number of nitrogens with zero attached hydrogens (tertiary/aromatic N) is 2. The molecule has 0 saturated heterocycles. The van der Waals surface area contributed by atoms with Gasteiger partial charge in [0.1, 0.15) is 11.4 Å². The zero-order valence-corrected chi connectivity index (χ0v) is 12.5. The van der Waals surface area contributed by atoms with Crippen molar-refractivity contribution < 1.29 is 4.79 Å². The summed E-state index contributed by atoms with van der Waals surface area (Å²) in [4.78, 5) is 30.5. The number of hydrogen-bond donors (Lipinski definition) is 2. The molecule has 6 nitrogen and oxygen atoms in total. The third-order valence-electron chi connectivity index (χ3n) is 3.34. The minimum absolute atomic E-state index is 0.145. The molecule has 0 aliphatic heterocycles. The van der Waals surface area contributed by atoms with Gasteiger partial charge in [-0.2, -0.15) is 0 Å². The molecule has 21 heavy (non-hydrogen) atoms. The highest BCUT2D eigenvalue weighted by atomic mass is 16.2. The summed E-state index contributed by atoms with van der Waals surface area (Å²) in [5.74, 6) is 0.847. The van der Waals surface area contributed by atoms with Gasteiger partial charge in [-0.3, -0.25) is 9.59 Å². The molecule has 0 saturated carbocycles. The summed E-state index contributed by atoms with van der Waals surface area (Å²) < 4.78 is 2.04. The predicted molar refractivity (Wildman–Crippen MR) is 80.3 cm³/mol. The van der Waals surface area contributed by atoms with Crippen molar-refractivity contribution in [1.82, 2.24) is 19.9 Å². The van der Waals surface area contributed by atoms with Crippen LogP contribution in [0.2, 0.25) is 0 Å². The molecular weight excluding hydrogens is 268 g/mol. The van der Waals surface area contributed by atoms with Gasteiger partial charge in [0, 0.05) is 31.2 Å². The average Bonchev–Trinajstić information content (AvgIpc) is 2.81. The second-order valence-electron chi connectivity index (χ2n) is 5.33. The Morgan fingerprint density at radius 2 is 2.19 bits per heavy atom. The molecule has 2 heterocycles. The fourth-order valence-electron chi connectivity index (χ4n) is 2.11. The molecular formula is C15H20N4O2. The van der Waals surface area contributed by atoms with Crippen molar-refractivity contribution in [2.45, 2.75) is 27.3 Å². The van der Waals surface area contributed by atoms with Crippen LogP contribution in [0.15, 0.2) is 29.3 Å². The van der Waals surface area contributed by atoms with Gasteiger partial charge in [-0.15, -0.1) is 0 Å². The van der Waals surface area contributed by atoms with E-state index in [1.165, 1.54) is 0 Å². The van der Waals surface area contributed by atoms with E-state index in [1.54, 1.807) is 25.3 Å².